The molecule has 5 heteroatoms. The second-order valence-electron chi connectivity index (χ2n) is 4.58. The van der Waals surface area contributed by atoms with Gasteiger partial charge in [-0.3, -0.25) is 0 Å². The van der Waals surface area contributed by atoms with E-state index in [1.54, 1.807) is 19.2 Å². The minimum absolute atomic E-state index is 0.125. The molecule has 0 bridgehead atoms. The molecule has 0 fully saturated rings. The average Bonchev–Trinajstić information content (AvgIpc) is 2.48. The second kappa shape index (κ2) is 7.29. The normalized spacial score (nSPS) is 11.6. The number of hydrogen-bond donors (Lipinski definition) is 2. The molecule has 2 aromatic rings. The lowest BCUT2D eigenvalue weighted by atomic mass is 10.1. The molecule has 0 heterocycles. The summed E-state index contributed by atoms with van der Waals surface area (Å²) in [5.41, 5.74) is 1.99. The van der Waals surface area contributed by atoms with E-state index < -0.39 is 0 Å². The first-order valence-corrected chi connectivity index (χ1v) is 7.35. The average molecular weight is 321 g/mol. The molecule has 110 valence electrons. The molecule has 2 aromatic carbocycles. The van der Waals surface area contributed by atoms with Gasteiger partial charge in [0.1, 0.15) is 5.75 Å². The molecule has 2 rings (SSSR count). The van der Waals surface area contributed by atoms with Gasteiger partial charge >= 0.3 is 0 Å². The van der Waals surface area contributed by atoms with Crippen LogP contribution in [0.15, 0.2) is 48.5 Å². The Balaban J connectivity index is 1.97. The number of thiocarbonyl (C=S) groups is 1. The Bertz CT molecular complexity index is 619. The van der Waals surface area contributed by atoms with Crippen LogP contribution >= 0.6 is 23.8 Å². The Morgan fingerprint density at radius 2 is 1.90 bits per heavy atom. The van der Waals surface area contributed by atoms with Crippen molar-refractivity contribution in [2.45, 2.75) is 13.0 Å². The van der Waals surface area contributed by atoms with Gasteiger partial charge in [-0.1, -0.05) is 41.9 Å². The van der Waals surface area contributed by atoms with Crippen molar-refractivity contribution in [2.24, 2.45) is 0 Å². The fourth-order valence-electron chi connectivity index (χ4n) is 1.93. The monoisotopic (exact) mass is 320 g/mol. The van der Waals surface area contributed by atoms with Crippen LogP contribution in [-0.2, 0) is 0 Å². The van der Waals surface area contributed by atoms with Crippen LogP contribution < -0.4 is 15.4 Å². The number of anilines is 1. The predicted octanol–water partition coefficient (Wildman–Crippen LogP) is 4.40. The Morgan fingerprint density at radius 3 is 2.52 bits per heavy atom. The summed E-state index contributed by atoms with van der Waals surface area (Å²) in [5, 5.41) is 7.45. The zero-order valence-electron chi connectivity index (χ0n) is 11.9. The first kappa shape index (κ1) is 15.6. The van der Waals surface area contributed by atoms with Gasteiger partial charge < -0.3 is 15.4 Å². The molecule has 21 heavy (non-hydrogen) atoms. The maximum absolute atomic E-state index is 6.09. The van der Waals surface area contributed by atoms with E-state index in [0.717, 1.165) is 5.69 Å². The van der Waals surface area contributed by atoms with E-state index in [2.05, 4.69) is 29.7 Å². The summed E-state index contributed by atoms with van der Waals surface area (Å²) in [6.07, 6.45) is 0. The van der Waals surface area contributed by atoms with Crippen molar-refractivity contribution in [1.82, 2.24) is 5.32 Å². The van der Waals surface area contributed by atoms with E-state index in [1.165, 1.54) is 5.56 Å². The van der Waals surface area contributed by atoms with Crippen molar-refractivity contribution in [2.75, 3.05) is 12.4 Å². The number of benzene rings is 2. The van der Waals surface area contributed by atoms with Crippen LogP contribution in [0.3, 0.4) is 0 Å². The number of halogens is 1. The molecule has 0 aliphatic carbocycles. The van der Waals surface area contributed by atoms with Crippen LogP contribution in [0.1, 0.15) is 18.5 Å². The lowest BCUT2D eigenvalue weighted by Crippen LogP contribution is -2.30. The standard InChI is InChI=1S/C16H17ClN2OS/c1-11(12-6-4-3-5-7-12)18-16(21)19-13-8-9-15(20-2)14(17)10-13/h3-11H,1-2H3,(H2,18,19,21)/t11-/m1/s1. The van der Waals surface area contributed by atoms with E-state index in [4.69, 9.17) is 28.6 Å². The molecule has 0 saturated heterocycles. The number of hydrogen-bond acceptors (Lipinski definition) is 2. The van der Waals surface area contributed by atoms with Gasteiger partial charge in [0, 0.05) is 5.69 Å². The molecule has 2 N–H and O–H groups in total. The van der Waals surface area contributed by atoms with Gasteiger partial charge in [-0.15, -0.1) is 0 Å². The van der Waals surface area contributed by atoms with E-state index in [0.29, 0.717) is 15.9 Å². The number of rotatable bonds is 4. The van der Waals surface area contributed by atoms with Gasteiger partial charge in [0.2, 0.25) is 0 Å². The van der Waals surface area contributed by atoms with Crippen LogP contribution in [0.25, 0.3) is 0 Å². The van der Waals surface area contributed by atoms with Gasteiger partial charge in [0.05, 0.1) is 18.2 Å². The third-order valence-corrected chi connectivity index (χ3v) is 3.57. The van der Waals surface area contributed by atoms with Crippen LogP contribution in [0.4, 0.5) is 5.69 Å². The molecule has 0 radical (unpaired) electrons. The summed E-state index contributed by atoms with van der Waals surface area (Å²) < 4.78 is 5.12. The number of methoxy groups -OCH3 is 1. The Morgan fingerprint density at radius 1 is 1.19 bits per heavy atom. The summed E-state index contributed by atoms with van der Waals surface area (Å²) in [7, 11) is 1.59. The van der Waals surface area contributed by atoms with Gasteiger partial charge in [0.15, 0.2) is 5.11 Å². The lowest BCUT2D eigenvalue weighted by Gasteiger charge is -2.17. The molecule has 0 amide bonds. The van der Waals surface area contributed by atoms with Crippen molar-refractivity contribution in [3.63, 3.8) is 0 Å². The predicted molar refractivity (Wildman–Crippen MR) is 92.2 cm³/mol. The highest BCUT2D eigenvalue weighted by Crippen LogP contribution is 2.27. The maximum atomic E-state index is 6.09. The number of ether oxygens (including phenoxy) is 1. The van der Waals surface area contributed by atoms with Gasteiger partial charge in [-0.25, -0.2) is 0 Å². The highest BCUT2D eigenvalue weighted by atomic mass is 35.5. The molecule has 3 nitrogen and oxygen atoms in total. The highest BCUT2D eigenvalue weighted by molar-refractivity contribution is 7.80. The summed E-state index contributed by atoms with van der Waals surface area (Å²) in [4.78, 5) is 0. The molecule has 1 atom stereocenters. The fourth-order valence-corrected chi connectivity index (χ4v) is 2.49. The Labute approximate surface area is 135 Å². The minimum Gasteiger partial charge on any atom is -0.495 e. The molecule has 0 saturated carbocycles. The smallest absolute Gasteiger partial charge is 0.171 e. The Hall–Kier alpha value is -1.78. The lowest BCUT2D eigenvalue weighted by molar-refractivity contribution is 0.415. The van der Waals surface area contributed by atoms with Crippen LogP contribution in [0.2, 0.25) is 5.02 Å². The van der Waals surface area contributed by atoms with Crippen LogP contribution in [0, 0.1) is 0 Å². The second-order valence-corrected chi connectivity index (χ2v) is 5.40. The molecule has 0 aromatic heterocycles. The molecule has 0 aliphatic rings. The van der Waals surface area contributed by atoms with E-state index in [9.17, 15) is 0 Å². The van der Waals surface area contributed by atoms with E-state index >= 15 is 0 Å². The van der Waals surface area contributed by atoms with Gasteiger partial charge in [-0.05, 0) is 42.9 Å². The molecular formula is C16H17ClN2OS. The third kappa shape index (κ3) is 4.34. The summed E-state index contributed by atoms with van der Waals surface area (Å²) >= 11 is 11.4. The summed E-state index contributed by atoms with van der Waals surface area (Å²) in [6, 6.07) is 15.7. The third-order valence-electron chi connectivity index (χ3n) is 3.06. The van der Waals surface area contributed by atoms with Crippen LogP contribution in [0.5, 0.6) is 5.75 Å². The zero-order valence-corrected chi connectivity index (χ0v) is 13.5. The first-order chi connectivity index (χ1) is 10.1. The largest absolute Gasteiger partial charge is 0.495 e. The minimum atomic E-state index is 0.125. The van der Waals surface area contributed by atoms with E-state index in [1.807, 2.05) is 24.3 Å². The fraction of sp³-hybridized carbons (Fsp3) is 0.188. The summed E-state index contributed by atoms with van der Waals surface area (Å²) in [5.74, 6) is 0.638. The molecule has 0 spiro atoms. The molecule has 0 aliphatic heterocycles. The molecule has 0 unspecified atom stereocenters. The first-order valence-electron chi connectivity index (χ1n) is 6.56. The van der Waals surface area contributed by atoms with Crippen LogP contribution in [-0.4, -0.2) is 12.2 Å². The van der Waals surface area contributed by atoms with Crippen molar-refractivity contribution in [3.8, 4) is 5.75 Å². The highest BCUT2D eigenvalue weighted by Gasteiger charge is 2.07. The Kier molecular flexibility index (Phi) is 5.42. The maximum Gasteiger partial charge on any atom is 0.171 e. The quantitative estimate of drug-likeness (QED) is 0.818. The van der Waals surface area contributed by atoms with Gasteiger partial charge in [0.25, 0.3) is 0 Å². The SMILES string of the molecule is COc1ccc(NC(=S)N[C@H](C)c2ccccc2)cc1Cl. The van der Waals surface area contributed by atoms with Gasteiger partial charge in [-0.2, -0.15) is 0 Å². The van der Waals surface area contributed by atoms with Crippen molar-refractivity contribution >= 4 is 34.6 Å². The number of nitrogens with one attached hydrogen (secondary N) is 2. The van der Waals surface area contributed by atoms with Crippen molar-refractivity contribution in [3.05, 3.63) is 59.1 Å². The topological polar surface area (TPSA) is 33.3 Å². The molecular weight excluding hydrogens is 304 g/mol. The van der Waals surface area contributed by atoms with Crippen molar-refractivity contribution in [1.29, 1.82) is 0 Å². The van der Waals surface area contributed by atoms with E-state index in [-0.39, 0.29) is 6.04 Å². The summed E-state index contributed by atoms with van der Waals surface area (Å²) in [6.45, 7) is 2.06. The van der Waals surface area contributed by atoms with Crippen molar-refractivity contribution < 1.29 is 4.74 Å². The zero-order chi connectivity index (χ0) is 15.2.